The molecule has 0 aliphatic heterocycles. The highest BCUT2D eigenvalue weighted by atomic mass is 32.2. The molecule has 1 heterocycles. The molecule has 1 aromatic heterocycles. The molecule has 0 aliphatic carbocycles. The van der Waals surface area contributed by atoms with Crippen molar-refractivity contribution in [1.29, 1.82) is 0 Å². The van der Waals surface area contributed by atoms with Crippen molar-refractivity contribution in [3.05, 3.63) is 23.7 Å². The summed E-state index contributed by atoms with van der Waals surface area (Å²) < 4.78 is 4.97. The van der Waals surface area contributed by atoms with Gasteiger partial charge in [0.15, 0.2) is 5.16 Å². The maximum absolute atomic E-state index is 12.1. The zero-order valence-corrected chi connectivity index (χ0v) is 13.1. The Morgan fingerprint density at radius 1 is 1.48 bits per heavy atom. The van der Waals surface area contributed by atoms with Crippen LogP contribution >= 0.6 is 11.8 Å². The summed E-state index contributed by atoms with van der Waals surface area (Å²) in [7, 11) is 3.44. The molecule has 0 spiro atoms. The average Bonchev–Trinajstić information content (AvgIpc) is 2.43. The Kier molecular flexibility index (Phi) is 6.16. The predicted octanol–water partition coefficient (Wildman–Crippen LogP) is 1.36. The molecular weight excluding hydrogens is 294 g/mol. The molecule has 0 saturated heterocycles. The summed E-state index contributed by atoms with van der Waals surface area (Å²) in [5.41, 5.74) is -0.0140. The van der Waals surface area contributed by atoms with Crippen molar-refractivity contribution >= 4 is 29.3 Å². The molecule has 114 valence electrons. The molecule has 21 heavy (non-hydrogen) atoms. The number of aromatic nitrogens is 2. The predicted molar refractivity (Wildman–Crippen MR) is 79.1 cm³/mol. The Balaban J connectivity index is 3.48. The van der Waals surface area contributed by atoms with E-state index in [-0.39, 0.29) is 23.4 Å². The second-order valence-electron chi connectivity index (χ2n) is 4.15. The van der Waals surface area contributed by atoms with Gasteiger partial charge in [0.25, 0.3) is 0 Å². The number of hydrogen-bond acceptors (Lipinski definition) is 7. The number of carbonyl (C=O) groups excluding carboxylic acids is 1. The minimum atomic E-state index is -1.20. The van der Waals surface area contributed by atoms with Crippen LogP contribution in [0.15, 0.2) is 17.6 Å². The molecular formula is C13H17N3O4S. The topological polar surface area (TPSA) is 92.6 Å². The number of ether oxygens (including phenoxy) is 1. The number of aromatic carboxylic acids is 1. The summed E-state index contributed by atoms with van der Waals surface area (Å²) in [6.07, 6.45) is 4.44. The molecule has 0 aromatic carbocycles. The number of carboxylic acids is 1. The quantitative estimate of drug-likeness (QED) is 0.364. The zero-order chi connectivity index (χ0) is 16.0. The first-order chi connectivity index (χ1) is 9.90. The van der Waals surface area contributed by atoms with Crippen LogP contribution in [0.1, 0.15) is 23.0 Å². The fourth-order valence-corrected chi connectivity index (χ4v) is 1.84. The molecule has 0 amide bonds. The van der Waals surface area contributed by atoms with Gasteiger partial charge in [-0.15, -0.1) is 0 Å². The van der Waals surface area contributed by atoms with Crippen molar-refractivity contribution in [2.45, 2.75) is 12.1 Å². The normalized spacial score (nSPS) is 11.1. The molecule has 1 rings (SSSR count). The lowest BCUT2D eigenvalue weighted by atomic mass is 10.1. The van der Waals surface area contributed by atoms with Gasteiger partial charge >= 0.3 is 11.9 Å². The van der Waals surface area contributed by atoms with E-state index in [4.69, 9.17) is 4.74 Å². The zero-order valence-electron chi connectivity index (χ0n) is 12.3. The standard InChI is InChI=1S/C13H17N3O4S/c1-5-20-12(19)9(7-16(2)3)10-8(11(17)18)6-14-13(15-10)21-4/h6-7H,5H2,1-4H3,(H,17,18). The van der Waals surface area contributed by atoms with E-state index in [0.29, 0.717) is 5.16 Å². The van der Waals surface area contributed by atoms with Gasteiger partial charge in [0, 0.05) is 26.5 Å². The van der Waals surface area contributed by atoms with Gasteiger partial charge in [0.2, 0.25) is 0 Å². The fourth-order valence-electron chi connectivity index (χ4n) is 1.50. The van der Waals surface area contributed by atoms with Crippen LogP contribution in [0.5, 0.6) is 0 Å². The first-order valence-corrected chi connectivity index (χ1v) is 7.33. The molecule has 0 bridgehead atoms. The van der Waals surface area contributed by atoms with Gasteiger partial charge in [0.05, 0.1) is 12.3 Å². The summed E-state index contributed by atoms with van der Waals surface area (Å²) >= 11 is 1.26. The Morgan fingerprint density at radius 2 is 2.14 bits per heavy atom. The van der Waals surface area contributed by atoms with Crippen LogP contribution in [0.3, 0.4) is 0 Å². The Labute approximate surface area is 127 Å². The monoisotopic (exact) mass is 311 g/mol. The number of thioether (sulfide) groups is 1. The van der Waals surface area contributed by atoms with E-state index >= 15 is 0 Å². The first kappa shape index (κ1) is 17.0. The molecule has 0 atom stereocenters. The van der Waals surface area contributed by atoms with E-state index in [2.05, 4.69) is 9.97 Å². The third-order valence-electron chi connectivity index (χ3n) is 2.32. The molecule has 1 aromatic rings. The Morgan fingerprint density at radius 3 is 2.62 bits per heavy atom. The number of nitrogens with zero attached hydrogens (tertiary/aromatic N) is 3. The summed E-state index contributed by atoms with van der Waals surface area (Å²) in [5.74, 6) is -1.83. The molecule has 8 heteroatoms. The van der Waals surface area contributed by atoms with Crippen LogP contribution in [0.25, 0.3) is 5.57 Å². The second kappa shape index (κ2) is 7.63. The number of rotatable bonds is 6. The van der Waals surface area contributed by atoms with Gasteiger partial charge in [-0.25, -0.2) is 19.6 Å². The summed E-state index contributed by atoms with van der Waals surface area (Å²) in [5, 5.41) is 9.62. The molecule has 1 N–H and O–H groups in total. The highest BCUT2D eigenvalue weighted by molar-refractivity contribution is 7.98. The molecule has 0 unspecified atom stereocenters. The maximum Gasteiger partial charge on any atom is 0.341 e. The van der Waals surface area contributed by atoms with Crippen molar-refractivity contribution < 1.29 is 19.4 Å². The fraction of sp³-hybridized carbons (Fsp3) is 0.385. The van der Waals surface area contributed by atoms with Crippen molar-refractivity contribution in [1.82, 2.24) is 14.9 Å². The lowest BCUT2D eigenvalue weighted by Crippen LogP contribution is -2.16. The minimum absolute atomic E-state index is 0.0500. The van der Waals surface area contributed by atoms with Crippen LogP contribution in [0, 0.1) is 0 Å². The van der Waals surface area contributed by atoms with E-state index < -0.39 is 11.9 Å². The van der Waals surface area contributed by atoms with Gasteiger partial charge in [-0.3, -0.25) is 0 Å². The Hall–Kier alpha value is -2.09. The summed E-state index contributed by atoms with van der Waals surface area (Å²) in [4.78, 5) is 33.1. The lowest BCUT2D eigenvalue weighted by molar-refractivity contribution is -0.136. The van der Waals surface area contributed by atoms with Gasteiger partial charge in [-0.1, -0.05) is 11.8 Å². The van der Waals surface area contributed by atoms with Crippen LogP contribution < -0.4 is 0 Å². The van der Waals surface area contributed by atoms with E-state index in [1.54, 1.807) is 32.2 Å². The largest absolute Gasteiger partial charge is 0.478 e. The molecule has 7 nitrogen and oxygen atoms in total. The number of carbonyl (C=O) groups is 2. The maximum atomic E-state index is 12.1. The average molecular weight is 311 g/mol. The number of carboxylic acid groups (broad SMARTS) is 1. The molecule has 0 saturated carbocycles. The molecule has 0 radical (unpaired) electrons. The molecule has 0 aliphatic rings. The first-order valence-electron chi connectivity index (χ1n) is 6.10. The smallest absolute Gasteiger partial charge is 0.341 e. The van der Waals surface area contributed by atoms with Crippen molar-refractivity contribution in [2.24, 2.45) is 0 Å². The number of esters is 1. The Bertz CT molecular complexity index is 573. The van der Waals surface area contributed by atoms with Gasteiger partial charge in [0.1, 0.15) is 11.1 Å². The van der Waals surface area contributed by atoms with E-state index in [1.165, 1.54) is 24.2 Å². The third kappa shape index (κ3) is 4.45. The van der Waals surface area contributed by atoms with Crippen LogP contribution in [-0.2, 0) is 9.53 Å². The highest BCUT2D eigenvalue weighted by Gasteiger charge is 2.23. The second-order valence-corrected chi connectivity index (χ2v) is 4.92. The van der Waals surface area contributed by atoms with Crippen LogP contribution in [0.2, 0.25) is 0 Å². The van der Waals surface area contributed by atoms with E-state index in [9.17, 15) is 14.7 Å². The van der Waals surface area contributed by atoms with Crippen molar-refractivity contribution in [2.75, 3.05) is 27.0 Å². The summed E-state index contributed by atoms with van der Waals surface area (Å²) in [6, 6.07) is 0. The lowest BCUT2D eigenvalue weighted by Gasteiger charge is -2.13. The van der Waals surface area contributed by atoms with E-state index in [1.807, 2.05) is 0 Å². The SMILES string of the molecule is CCOC(=O)C(=CN(C)C)c1nc(SC)ncc1C(=O)O. The van der Waals surface area contributed by atoms with Crippen molar-refractivity contribution in [3.8, 4) is 0 Å². The minimum Gasteiger partial charge on any atom is -0.478 e. The number of hydrogen-bond donors (Lipinski definition) is 1. The van der Waals surface area contributed by atoms with Gasteiger partial charge in [-0.05, 0) is 13.2 Å². The summed E-state index contributed by atoms with van der Waals surface area (Å²) in [6.45, 7) is 1.86. The molecule has 0 fully saturated rings. The third-order valence-corrected chi connectivity index (χ3v) is 2.88. The van der Waals surface area contributed by atoms with Gasteiger partial charge in [-0.2, -0.15) is 0 Å². The van der Waals surface area contributed by atoms with E-state index in [0.717, 1.165) is 0 Å². The van der Waals surface area contributed by atoms with Crippen LogP contribution in [-0.4, -0.2) is 58.9 Å². The highest BCUT2D eigenvalue weighted by Crippen LogP contribution is 2.21. The van der Waals surface area contributed by atoms with Crippen molar-refractivity contribution in [3.63, 3.8) is 0 Å². The van der Waals surface area contributed by atoms with Gasteiger partial charge < -0.3 is 14.7 Å². The van der Waals surface area contributed by atoms with Crippen LogP contribution in [0.4, 0.5) is 0 Å².